The van der Waals surface area contributed by atoms with E-state index in [9.17, 15) is 4.39 Å². The smallest absolute Gasteiger partial charge is 0.186 e. The van der Waals surface area contributed by atoms with Crippen LogP contribution in [0.1, 0.15) is 19.5 Å². The molecule has 0 bridgehead atoms. The van der Waals surface area contributed by atoms with Crippen molar-refractivity contribution in [1.82, 2.24) is 9.97 Å². The average molecular weight is 232 g/mol. The first kappa shape index (κ1) is 12.2. The van der Waals surface area contributed by atoms with Crippen molar-refractivity contribution in [3.8, 4) is 0 Å². The zero-order valence-electron chi connectivity index (χ0n) is 9.38. The van der Waals surface area contributed by atoms with Crippen molar-refractivity contribution in [3.63, 3.8) is 0 Å². The third kappa shape index (κ3) is 2.37. The van der Waals surface area contributed by atoms with Gasteiger partial charge in [-0.15, -0.1) is 11.6 Å². The molecule has 0 aliphatic rings. The summed E-state index contributed by atoms with van der Waals surface area (Å²) in [6, 6.07) is 0. The Morgan fingerprint density at radius 1 is 1.47 bits per heavy atom. The van der Waals surface area contributed by atoms with E-state index < -0.39 is 5.82 Å². The fourth-order valence-corrected chi connectivity index (χ4v) is 1.23. The van der Waals surface area contributed by atoms with Crippen molar-refractivity contribution in [2.75, 3.05) is 17.8 Å². The zero-order valence-corrected chi connectivity index (χ0v) is 10.1. The van der Waals surface area contributed by atoms with Gasteiger partial charge in [-0.25, -0.2) is 14.4 Å². The second-order valence-corrected chi connectivity index (χ2v) is 4.37. The molecule has 1 heterocycles. The monoisotopic (exact) mass is 231 g/mol. The van der Waals surface area contributed by atoms with E-state index in [0.29, 0.717) is 11.6 Å². The highest BCUT2D eigenvalue weighted by molar-refractivity contribution is 6.18. The molecule has 0 radical (unpaired) electrons. The molecule has 3 nitrogen and oxygen atoms in total. The largest absolute Gasteiger partial charge is 0.351 e. The summed E-state index contributed by atoms with van der Waals surface area (Å²) in [4.78, 5) is 9.44. The maximum absolute atomic E-state index is 13.7. The van der Waals surface area contributed by atoms with E-state index in [0.717, 1.165) is 0 Å². The van der Waals surface area contributed by atoms with Gasteiger partial charge in [-0.1, -0.05) is 0 Å². The molecular weight excluding hydrogens is 217 g/mol. The van der Waals surface area contributed by atoms with Gasteiger partial charge in [-0.3, -0.25) is 0 Å². The Labute approximate surface area is 94.3 Å². The highest BCUT2D eigenvalue weighted by Gasteiger charge is 2.26. The third-order valence-corrected chi connectivity index (χ3v) is 3.15. The molecule has 5 heteroatoms. The highest BCUT2D eigenvalue weighted by atomic mass is 35.5. The minimum atomic E-state index is -0.391. The predicted molar refractivity (Wildman–Crippen MR) is 59.9 cm³/mol. The number of aryl methyl sites for hydroxylation is 1. The van der Waals surface area contributed by atoms with E-state index in [2.05, 4.69) is 9.97 Å². The molecule has 1 aromatic rings. The minimum Gasteiger partial charge on any atom is -0.351 e. The average Bonchev–Trinajstić information content (AvgIpc) is 2.21. The molecule has 0 amide bonds. The fourth-order valence-electron chi connectivity index (χ4n) is 1.06. The first-order chi connectivity index (χ1) is 6.90. The van der Waals surface area contributed by atoms with Crippen LogP contribution in [0.4, 0.5) is 10.2 Å². The Morgan fingerprint density at radius 2 is 2.07 bits per heavy atom. The summed E-state index contributed by atoms with van der Waals surface area (Å²) in [5.74, 6) is 0.290. The van der Waals surface area contributed by atoms with Crippen molar-refractivity contribution < 1.29 is 4.39 Å². The minimum absolute atomic E-state index is 0.285. The van der Waals surface area contributed by atoms with Gasteiger partial charge < -0.3 is 4.90 Å². The van der Waals surface area contributed by atoms with E-state index in [-0.39, 0.29) is 11.4 Å². The summed E-state index contributed by atoms with van der Waals surface area (Å²) < 4.78 is 13.7. The molecule has 15 heavy (non-hydrogen) atoms. The maximum atomic E-state index is 13.7. The Bertz CT molecular complexity index is 355. The molecule has 0 saturated heterocycles. The van der Waals surface area contributed by atoms with Gasteiger partial charge in [0.15, 0.2) is 11.6 Å². The second-order valence-electron chi connectivity index (χ2n) is 4.10. The molecule has 0 aromatic carbocycles. The van der Waals surface area contributed by atoms with Gasteiger partial charge in [0.1, 0.15) is 6.33 Å². The summed E-state index contributed by atoms with van der Waals surface area (Å²) in [7, 11) is 1.77. The third-order valence-electron chi connectivity index (χ3n) is 2.50. The van der Waals surface area contributed by atoms with Crippen LogP contribution < -0.4 is 4.90 Å². The second kappa shape index (κ2) is 4.31. The van der Waals surface area contributed by atoms with Gasteiger partial charge in [0.25, 0.3) is 0 Å². The van der Waals surface area contributed by atoms with E-state index in [1.165, 1.54) is 6.33 Å². The standard InChI is InChI=1S/C10H15ClFN3/c1-7-8(12)9(14-6-13-7)15(4)10(2,3)5-11/h6H,5H2,1-4H3. The van der Waals surface area contributed by atoms with E-state index >= 15 is 0 Å². The number of rotatable bonds is 3. The lowest BCUT2D eigenvalue weighted by Crippen LogP contribution is -2.44. The number of aromatic nitrogens is 2. The van der Waals surface area contributed by atoms with Gasteiger partial charge in [-0.2, -0.15) is 0 Å². The lowest BCUT2D eigenvalue weighted by Gasteiger charge is -2.34. The number of nitrogens with zero attached hydrogens (tertiary/aromatic N) is 3. The van der Waals surface area contributed by atoms with Crippen LogP contribution in [0.2, 0.25) is 0 Å². The summed E-state index contributed by atoms with van der Waals surface area (Å²) >= 11 is 5.82. The summed E-state index contributed by atoms with van der Waals surface area (Å²) in [6.45, 7) is 5.47. The van der Waals surface area contributed by atoms with Crippen LogP contribution in [0.5, 0.6) is 0 Å². The number of anilines is 1. The normalized spacial score (nSPS) is 11.6. The van der Waals surface area contributed by atoms with Crippen LogP contribution in [0.25, 0.3) is 0 Å². The Hall–Kier alpha value is -0.900. The summed E-state index contributed by atoms with van der Waals surface area (Å²) in [6.07, 6.45) is 1.36. The van der Waals surface area contributed by atoms with Gasteiger partial charge in [0, 0.05) is 18.5 Å². The SMILES string of the molecule is Cc1ncnc(N(C)C(C)(C)CCl)c1F. The zero-order chi connectivity index (χ0) is 11.6. The molecule has 0 spiro atoms. The van der Waals surface area contributed by atoms with Crippen molar-refractivity contribution in [3.05, 3.63) is 17.8 Å². The summed E-state index contributed by atoms with van der Waals surface area (Å²) in [5, 5.41) is 0. The van der Waals surface area contributed by atoms with E-state index in [1.54, 1.807) is 18.9 Å². The molecular formula is C10H15ClFN3. The van der Waals surface area contributed by atoms with Crippen LogP contribution in [-0.2, 0) is 0 Å². The molecule has 84 valence electrons. The van der Waals surface area contributed by atoms with Crippen molar-refractivity contribution >= 4 is 17.4 Å². The lowest BCUT2D eigenvalue weighted by molar-refractivity contribution is 0.515. The number of hydrogen-bond acceptors (Lipinski definition) is 3. The highest BCUT2D eigenvalue weighted by Crippen LogP contribution is 2.24. The molecule has 0 fully saturated rings. The quantitative estimate of drug-likeness (QED) is 0.748. The van der Waals surface area contributed by atoms with Gasteiger partial charge in [0.2, 0.25) is 0 Å². The van der Waals surface area contributed by atoms with Crippen LogP contribution in [-0.4, -0.2) is 28.4 Å². The van der Waals surface area contributed by atoms with Crippen LogP contribution in [0.15, 0.2) is 6.33 Å². The lowest BCUT2D eigenvalue weighted by atomic mass is 10.1. The number of halogens is 2. The van der Waals surface area contributed by atoms with Crippen LogP contribution >= 0.6 is 11.6 Å². The molecule has 1 rings (SSSR count). The first-order valence-electron chi connectivity index (χ1n) is 4.67. The van der Waals surface area contributed by atoms with Gasteiger partial charge >= 0.3 is 0 Å². The fraction of sp³-hybridized carbons (Fsp3) is 0.600. The molecule has 0 unspecified atom stereocenters. The van der Waals surface area contributed by atoms with Crippen molar-refractivity contribution in [1.29, 1.82) is 0 Å². The van der Waals surface area contributed by atoms with Crippen LogP contribution in [0, 0.1) is 12.7 Å². The van der Waals surface area contributed by atoms with Crippen molar-refractivity contribution in [2.24, 2.45) is 0 Å². The summed E-state index contributed by atoms with van der Waals surface area (Å²) in [5.41, 5.74) is 0.000592. The predicted octanol–water partition coefficient (Wildman–Crippen LogP) is 2.38. The Balaban J connectivity index is 3.12. The molecule has 0 N–H and O–H groups in total. The van der Waals surface area contributed by atoms with Gasteiger partial charge in [-0.05, 0) is 20.8 Å². The van der Waals surface area contributed by atoms with E-state index in [4.69, 9.17) is 11.6 Å². The molecule has 0 aliphatic carbocycles. The maximum Gasteiger partial charge on any atom is 0.186 e. The molecule has 0 aliphatic heterocycles. The first-order valence-corrected chi connectivity index (χ1v) is 5.20. The topological polar surface area (TPSA) is 29.0 Å². The Morgan fingerprint density at radius 3 is 2.60 bits per heavy atom. The molecule has 1 aromatic heterocycles. The van der Waals surface area contributed by atoms with E-state index in [1.807, 2.05) is 13.8 Å². The number of alkyl halides is 1. The molecule has 0 saturated carbocycles. The van der Waals surface area contributed by atoms with Crippen LogP contribution in [0.3, 0.4) is 0 Å². The number of hydrogen-bond donors (Lipinski definition) is 0. The van der Waals surface area contributed by atoms with Crippen molar-refractivity contribution in [2.45, 2.75) is 26.3 Å². The Kier molecular flexibility index (Phi) is 3.50. The van der Waals surface area contributed by atoms with Gasteiger partial charge in [0.05, 0.1) is 5.69 Å². The molecule has 0 atom stereocenters.